The third-order valence-corrected chi connectivity index (χ3v) is 6.95. The molecule has 0 atom stereocenters. The highest BCUT2D eigenvalue weighted by Gasteiger charge is 2.32. The van der Waals surface area contributed by atoms with Crippen LogP contribution < -0.4 is 4.74 Å². The molecule has 1 fully saturated rings. The van der Waals surface area contributed by atoms with Gasteiger partial charge in [-0.15, -0.1) is 0 Å². The lowest BCUT2D eigenvalue weighted by Gasteiger charge is -2.30. The Bertz CT molecular complexity index is 1110. The first kappa shape index (κ1) is 20.1. The molecule has 2 aliphatic rings. The van der Waals surface area contributed by atoms with Gasteiger partial charge >= 0.3 is 0 Å². The van der Waals surface area contributed by atoms with Crippen molar-refractivity contribution < 1.29 is 9.53 Å². The average molecular weight is 418 g/mol. The summed E-state index contributed by atoms with van der Waals surface area (Å²) >= 11 is 0. The Kier molecular flexibility index (Phi) is 5.43. The first-order valence-electron chi connectivity index (χ1n) is 11.7. The summed E-state index contributed by atoms with van der Waals surface area (Å²) < 4.78 is 7.97. The number of hydrogen-bond acceptors (Lipinski definition) is 3. The minimum absolute atomic E-state index is 0.0737. The van der Waals surface area contributed by atoms with Gasteiger partial charge < -0.3 is 9.64 Å². The van der Waals surface area contributed by atoms with Gasteiger partial charge in [0.05, 0.1) is 24.4 Å². The van der Waals surface area contributed by atoms with E-state index in [2.05, 4.69) is 11.0 Å². The Morgan fingerprint density at radius 3 is 2.74 bits per heavy atom. The second-order valence-corrected chi connectivity index (χ2v) is 8.81. The Balaban J connectivity index is 1.58. The summed E-state index contributed by atoms with van der Waals surface area (Å²) in [6.45, 7) is 3.09. The summed E-state index contributed by atoms with van der Waals surface area (Å²) in [5, 5.41) is 6.87. The van der Waals surface area contributed by atoms with Gasteiger partial charge in [0.2, 0.25) is 0 Å². The predicted molar refractivity (Wildman–Crippen MR) is 122 cm³/mol. The molecule has 5 nitrogen and oxygen atoms in total. The van der Waals surface area contributed by atoms with E-state index in [-0.39, 0.29) is 11.9 Å². The normalized spacial score (nSPS) is 16.1. The zero-order chi connectivity index (χ0) is 21.4. The summed E-state index contributed by atoms with van der Waals surface area (Å²) in [5.74, 6) is 0.755. The van der Waals surface area contributed by atoms with Crippen molar-refractivity contribution in [1.82, 2.24) is 14.7 Å². The highest BCUT2D eigenvalue weighted by molar-refractivity contribution is 6.09. The highest BCUT2D eigenvalue weighted by Crippen LogP contribution is 2.34. The molecule has 5 rings (SSSR count). The van der Waals surface area contributed by atoms with E-state index in [0.717, 1.165) is 42.1 Å². The Labute approximate surface area is 184 Å². The second kappa shape index (κ2) is 8.37. The van der Waals surface area contributed by atoms with Gasteiger partial charge in [0.1, 0.15) is 5.75 Å². The highest BCUT2D eigenvalue weighted by atomic mass is 16.5. The topological polar surface area (TPSA) is 47.4 Å². The maximum absolute atomic E-state index is 14.2. The number of nitrogens with zero attached hydrogens (tertiary/aromatic N) is 3. The van der Waals surface area contributed by atoms with E-state index in [4.69, 9.17) is 9.84 Å². The van der Waals surface area contributed by atoms with Crippen molar-refractivity contribution in [3.8, 4) is 5.75 Å². The molecule has 31 heavy (non-hydrogen) atoms. The molecule has 0 saturated heterocycles. The standard InChI is InChI=1S/C26H31N3O2/c1-3-31-24-16-15-18-9-4-7-12-20(18)25(24)26(30)29(19-10-5-6-11-19)17-22-21-13-8-14-23(21)28(2)27-22/h4,7,9,12,15-16,19H,3,5-6,8,10-11,13-14,17H2,1-2H3. The molecule has 1 saturated carbocycles. The summed E-state index contributed by atoms with van der Waals surface area (Å²) in [4.78, 5) is 16.3. The number of carbonyl (C=O) groups excluding carboxylic acids is 1. The number of aryl methyl sites for hydroxylation is 1. The first-order chi connectivity index (χ1) is 15.2. The van der Waals surface area contributed by atoms with Gasteiger partial charge in [0.15, 0.2) is 0 Å². The molecule has 0 N–H and O–H groups in total. The van der Waals surface area contributed by atoms with Gasteiger partial charge in [-0.05, 0) is 61.4 Å². The van der Waals surface area contributed by atoms with Crippen LogP contribution >= 0.6 is 0 Å². The Morgan fingerprint density at radius 1 is 1.13 bits per heavy atom. The lowest BCUT2D eigenvalue weighted by atomic mass is 10.0. The van der Waals surface area contributed by atoms with Crippen LogP contribution in [0.2, 0.25) is 0 Å². The molecular weight excluding hydrogens is 386 g/mol. The largest absolute Gasteiger partial charge is 0.493 e. The van der Waals surface area contributed by atoms with Crippen molar-refractivity contribution in [1.29, 1.82) is 0 Å². The molecule has 1 aromatic heterocycles. The number of fused-ring (bicyclic) bond motifs is 2. The number of carbonyl (C=O) groups is 1. The predicted octanol–water partition coefficient (Wildman–Crippen LogP) is 5.05. The van der Waals surface area contributed by atoms with Crippen LogP contribution in [0.3, 0.4) is 0 Å². The van der Waals surface area contributed by atoms with Gasteiger partial charge in [-0.1, -0.05) is 43.2 Å². The molecule has 2 aromatic carbocycles. The number of amides is 1. The zero-order valence-electron chi connectivity index (χ0n) is 18.6. The molecule has 0 spiro atoms. The first-order valence-corrected chi connectivity index (χ1v) is 11.7. The smallest absolute Gasteiger partial charge is 0.258 e. The van der Waals surface area contributed by atoms with E-state index >= 15 is 0 Å². The van der Waals surface area contributed by atoms with Crippen LogP contribution in [0.4, 0.5) is 0 Å². The van der Waals surface area contributed by atoms with Crippen molar-refractivity contribution in [3.63, 3.8) is 0 Å². The molecule has 5 heteroatoms. The van der Waals surface area contributed by atoms with Crippen LogP contribution in [0.1, 0.15) is 66.3 Å². The van der Waals surface area contributed by atoms with E-state index in [1.165, 1.54) is 30.5 Å². The number of hydrogen-bond donors (Lipinski definition) is 0. The molecule has 0 unspecified atom stereocenters. The van der Waals surface area contributed by atoms with Gasteiger partial charge in [-0.25, -0.2) is 0 Å². The number of ether oxygens (including phenoxy) is 1. The van der Waals surface area contributed by atoms with Crippen LogP contribution in [-0.4, -0.2) is 33.2 Å². The minimum Gasteiger partial charge on any atom is -0.493 e. The van der Waals surface area contributed by atoms with E-state index in [0.29, 0.717) is 24.5 Å². The van der Waals surface area contributed by atoms with Crippen molar-refractivity contribution >= 4 is 16.7 Å². The fourth-order valence-electron chi connectivity index (χ4n) is 5.46. The van der Waals surface area contributed by atoms with Crippen LogP contribution in [0.25, 0.3) is 10.8 Å². The summed E-state index contributed by atoms with van der Waals surface area (Å²) in [6, 6.07) is 12.4. The van der Waals surface area contributed by atoms with E-state index in [9.17, 15) is 4.79 Å². The fourth-order valence-corrected chi connectivity index (χ4v) is 5.46. The van der Waals surface area contributed by atoms with Gasteiger partial charge in [-0.3, -0.25) is 9.48 Å². The molecule has 2 aliphatic carbocycles. The van der Waals surface area contributed by atoms with Gasteiger partial charge in [-0.2, -0.15) is 5.10 Å². The molecule has 0 bridgehead atoms. The molecule has 1 heterocycles. The minimum atomic E-state index is 0.0737. The number of aromatic nitrogens is 2. The van der Waals surface area contributed by atoms with Crippen molar-refractivity contribution in [3.05, 3.63) is 58.9 Å². The van der Waals surface area contributed by atoms with Crippen molar-refractivity contribution in [2.45, 2.75) is 64.5 Å². The quantitative estimate of drug-likeness (QED) is 0.564. The van der Waals surface area contributed by atoms with Crippen molar-refractivity contribution in [2.75, 3.05) is 6.61 Å². The average Bonchev–Trinajstić information content (AvgIpc) is 3.52. The number of rotatable bonds is 6. The SMILES string of the molecule is CCOc1ccc2ccccc2c1C(=O)N(Cc1nn(C)c2c1CCC2)C1CCCC1. The van der Waals surface area contributed by atoms with Crippen LogP contribution in [-0.2, 0) is 26.4 Å². The van der Waals surface area contributed by atoms with Gasteiger partial charge in [0.25, 0.3) is 5.91 Å². The third kappa shape index (κ3) is 3.60. The molecule has 0 radical (unpaired) electrons. The maximum Gasteiger partial charge on any atom is 0.258 e. The zero-order valence-corrected chi connectivity index (χ0v) is 18.6. The lowest BCUT2D eigenvalue weighted by molar-refractivity contribution is 0.0659. The fraction of sp³-hybridized carbons (Fsp3) is 0.462. The van der Waals surface area contributed by atoms with Crippen molar-refractivity contribution in [2.24, 2.45) is 7.05 Å². The summed E-state index contributed by atoms with van der Waals surface area (Å²) in [5.41, 5.74) is 4.48. The maximum atomic E-state index is 14.2. The third-order valence-electron chi connectivity index (χ3n) is 6.95. The van der Waals surface area contributed by atoms with E-state index < -0.39 is 0 Å². The molecule has 3 aromatic rings. The van der Waals surface area contributed by atoms with Crippen LogP contribution in [0.15, 0.2) is 36.4 Å². The van der Waals surface area contributed by atoms with E-state index in [1.54, 1.807) is 0 Å². The molecule has 1 amide bonds. The monoisotopic (exact) mass is 417 g/mol. The van der Waals surface area contributed by atoms with E-state index in [1.807, 2.05) is 49.0 Å². The number of benzene rings is 2. The van der Waals surface area contributed by atoms with Crippen LogP contribution in [0, 0.1) is 0 Å². The Hall–Kier alpha value is -2.82. The summed E-state index contributed by atoms with van der Waals surface area (Å²) in [7, 11) is 2.04. The second-order valence-electron chi connectivity index (χ2n) is 8.81. The molecule has 0 aliphatic heterocycles. The lowest BCUT2D eigenvalue weighted by Crippen LogP contribution is -2.39. The van der Waals surface area contributed by atoms with Gasteiger partial charge in [0, 0.05) is 18.8 Å². The Morgan fingerprint density at radius 2 is 1.94 bits per heavy atom. The molecule has 162 valence electrons. The molecular formula is C26H31N3O2. The van der Waals surface area contributed by atoms with Crippen LogP contribution in [0.5, 0.6) is 5.75 Å². The summed E-state index contributed by atoms with van der Waals surface area (Å²) in [6.07, 6.45) is 7.84.